The largest absolute Gasteiger partial charge is 1.00 e. The standard InChI is InChI=1S/C26H45NO6S.Na/c1-16(4-9-24(30)27-12-13-34(31,32)33)20-7-8-21-19-6-5-17-14-18(28)10-11-25(17,2)22(19)15-23(29)26(20,21)3;/h16-23,28-29H,4-15H2,1-3H3,(H,27,30)(H,31,32,33);/q;+1/p-1/t16?,17?,18-,19?,20-,21?,22?,23+,25+,26-;/m1./s1. The minimum absolute atomic E-state index is 0. The van der Waals surface area contributed by atoms with Crippen LogP contribution in [-0.4, -0.2) is 53.6 Å². The van der Waals surface area contributed by atoms with E-state index in [1.165, 1.54) is 12.8 Å². The van der Waals surface area contributed by atoms with Crippen LogP contribution in [0.3, 0.4) is 0 Å². The fourth-order valence-electron chi connectivity index (χ4n) is 9.12. The first kappa shape index (κ1) is 29.9. The predicted octanol–water partition coefficient (Wildman–Crippen LogP) is 0.0587. The predicted molar refractivity (Wildman–Crippen MR) is 129 cm³/mol. The van der Waals surface area contributed by atoms with Crippen LogP contribution in [0.5, 0.6) is 0 Å². The second-order valence-corrected chi connectivity index (χ2v) is 14.0. The Morgan fingerprint density at radius 1 is 1.09 bits per heavy atom. The molecule has 0 bridgehead atoms. The SMILES string of the molecule is CC(CCC(=O)NCCS(=O)(=O)[O-])[C@H]1CCC2C3CCC4C[C@H](O)CC[C@]4(C)C3C[C@H](O)[C@@]21C.[Na+]. The van der Waals surface area contributed by atoms with Gasteiger partial charge in [-0.1, -0.05) is 20.8 Å². The molecule has 4 fully saturated rings. The van der Waals surface area contributed by atoms with Crippen LogP contribution in [-0.2, 0) is 14.9 Å². The molecule has 196 valence electrons. The maximum absolute atomic E-state index is 12.2. The normalized spacial score (nSPS) is 43.8. The summed E-state index contributed by atoms with van der Waals surface area (Å²) < 4.78 is 32.2. The molecule has 0 aliphatic heterocycles. The summed E-state index contributed by atoms with van der Waals surface area (Å²) in [6.45, 7) is 6.78. The number of aliphatic hydroxyl groups excluding tert-OH is 2. The van der Waals surface area contributed by atoms with E-state index in [0.29, 0.717) is 42.4 Å². The molecule has 35 heavy (non-hydrogen) atoms. The number of hydrogen-bond acceptors (Lipinski definition) is 6. The van der Waals surface area contributed by atoms with Gasteiger partial charge in [0.05, 0.1) is 28.1 Å². The summed E-state index contributed by atoms with van der Waals surface area (Å²) >= 11 is 0. The summed E-state index contributed by atoms with van der Waals surface area (Å²) in [6, 6.07) is 0. The van der Waals surface area contributed by atoms with Gasteiger partial charge in [-0.3, -0.25) is 4.79 Å². The van der Waals surface area contributed by atoms with Crippen LogP contribution < -0.4 is 34.9 Å². The Balaban J connectivity index is 0.00000342. The van der Waals surface area contributed by atoms with E-state index in [2.05, 4.69) is 26.1 Å². The molecule has 0 heterocycles. The number of fused-ring (bicyclic) bond motifs is 5. The minimum atomic E-state index is -4.32. The number of aliphatic hydroxyl groups is 2. The van der Waals surface area contributed by atoms with E-state index in [-0.39, 0.29) is 71.0 Å². The molecule has 0 radical (unpaired) electrons. The Morgan fingerprint density at radius 3 is 2.49 bits per heavy atom. The molecule has 0 spiro atoms. The number of hydrogen-bond donors (Lipinski definition) is 3. The molecule has 10 atom stereocenters. The quantitative estimate of drug-likeness (QED) is 0.321. The minimum Gasteiger partial charge on any atom is -0.748 e. The van der Waals surface area contributed by atoms with Crippen LogP contribution in [0.4, 0.5) is 0 Å². The molecule has 0 aromatic rings. The van der Waals surface area contributed by atoms with Gasteiger partial charge in [0.25, 0.3) is 0 Å². The third-order valence-electron chi connectivity index (χ3n) is 11.0. The summed E-state index contributed by atoms with van der Waals surface area (Å²) in [5.74, 6) is 2.10. The van der Waals surface area contributed by atoms with E-state index in [1.807, 2.05) is 0 Å². The number of carbonyl (C=O) groups is 1. The first-order chi connectivity index (χ1) is 15.9. The monoisotopic (exact) mass is 521 g/mol. The number of nitrogens with one attached hydrogen (secondary N) is 1. The maximum atomic E-state index is 12.2. The average molecular weight is 522 g/mol. The topological polar surface area (TPSA) is 127 Å². The Bertz CT molecular complexity index is 870. The van der Waals surface area contributed by atoms with Crippen LogP contribution >= 0.6 is 0 Å². The molecule has 4 aliphatic rings. The Hall–Kier alpha value is 0.300. The van der Waals surface area contributed by atoms with E-state index in [4.69, 9.17) is 0 Å². The molecule has 9 heteroatoms. The van der Waals surface area contributed by atoms with Gasteiger partial charge < -0.3 is 20.1 Å². The van der Waals surface area contributed by atoms with E-state index < -0.39 is 15.9 Å². The van der Waals surface area contributed by atoms with Crippen molar-refractivity contribution >= 4 is 16.0 Å². The summed E-state index contributed by atoms with van der Waals surface area (Å²) in [5, 5.41) is 24.4. The van der Waals surface area contributed by atoms with Crippen molar-refractivity contribution in [3.8, 4) is 0 Å². The van der Waals surface area contributed by atoms with Crippen molar-refractivity contribution in [3.63, 3.8) is 0 Å². The molecule has 0 saturated heterocycles. The Labute approximate surface area is 233 Å². The van der Waals surface area contributed by atoms with Gasteiger partial charge in [0.15, 0.2) is 0 Å². The van der Waals surface area contributed by atoms with Crippen molar-refractivity contribution in [2.24, 2.45) is 46.3 Å². The smallest absolute Gasteiger partial charge is 0.748 e. The molecule has 1 amide bonds. The van der Waals surface area contributed by atoms with E-state index >= 15 is 0 Å². The second-order valence-electron chi connectivity index (χ2n) is 12.5. The van der Waals surface area contributed by atoms with Gasteiger partial charge in [-0.05, 0) is 104 Å². The zero-order valence-electron chi connectivity index (χ0n) is 22.0. The van der Waals surface area contributed by atoms with E-state index in [0.717, 1.165) is 38.5 Å². The first-order valence-electron chi connectivity index (χ1n) is 13.4. The third kappa shape index (κ3) is 5.84. The molecular formula is C26H44NNaO6S. The van der Waals surface area contributed by atoms with Crippen LogP contribution in [0.15, 0.2) is 0 Å². The van der Waals surface area contributed by atoms with Gasteiger partial charge >= 0.3 is 29.6 Å². The van der Waals surface area contributed by atoms with Crippen molar-refractivity contribution < 1.29 is 57.5 Å². The zero-order valence-corrected chi connectivity index (χ0v) is 24.9. The van der Waals surface area contributed by atoms with Gasteiger partial charge in [0.1, 0.15) is 0 Å². The van der Waals surface area contributed by atoms with Crippen molar-refractivity contribution in [2.45, 2.75) is 97.2 Å². The summed E-state index contributed by atoms with van der Waals surface area (Å²) in [4.78, 5) is 12.2. The average Bonchev–Trinajstić information content (AvgIpc) is 3.11. The molecule has 4 aliphatic carbocycles. The number of carbonyl (C=O) groups excluding carboxylic acids is 1. The van der Waals surface area contributed by atoms with E-state index in [1.54, 1.807) is 0 Å². The molecule has 3 N–H and O–H groups in total. The Kier molecular flexibility index (Phi) is 9.54. The third-order valence-corrected chi connectivity index (χ3v) is 11.7. The van der Waals surface area contributed by atoms with Crippen molar-refractivity contribution in [2.75, 3.05) is 12.3 Å². The van der Waals surface area contributed by atoms with E-state index in [9.17, 15) is 28.0 Å². The molecule has 0 aromatic carbocycles. The summed E-state index contributed by atoms with van der Waals surface area (Å²) in [6.07, 6.45) is 8.85. The summed E-state index contributed by atoms with van der Waals surface area (Å²) in [7, 11) is -4.32. The number of amides is 1. The van der Waals surface area contributed by atoms with Gasteiger partial charge in [-0.15, -0.1) is 0 Å². The van der Waals surface area contributed by atoms with Crippen molar-refractivity contribution in [1.29, 1.82) is 0 Å². The fraction of sp³-hybridized carbons (Fsp3) is 0.962. The van der Waals surface area contributed by atoms with Crippen molar-refractivity contribution in [3.05, 3.63) is 0 Å². The van der Waals surface area contributed by atoms with Crippen molar-refractivity contribution in [1.82, 2.24) is 5.32 Å². The molecule has 4 saturated carbocycles. The summed E-state index contributed by atoms with van der Waals surface area (Å²) in [5.41, 5.74) is 0.0922. The maximum Gasteiger partial charge on any atom is 1.00 e. The Morgan fingerprint density at radius 2 is 1.80 bits per heavy atom. The number of rotatable bonds is 7. The molecular weight excluding hydrogens is 477 g/mol. The molecule has 0 aromatic heterocycles. The molecule has 5 unspecified atom stereocenters. The van der Waals surface area contributed by atoms with Gasteiger partial charge in [0, 0.05) is 13.0 Å². The van der Waals surface area contributed by atoms with Gasteiger partial charge in [-0.25, -0.2) is 8.42 Å². The van der Waals surface area contributed by atoms with Crippen LogP contribution in [0.2, 0.25) is 0 Å². The van der Waals surface area contributed by atoms with Crippen LogP contribution in [0, 0.1) is 46.3 Å². The van der Waals surface area contributed by atoms with Gasteiger partial charge in [-0.2, -0.15) is 0 Å². The second kappa shape index (κ2) is 11.2. The van der Waals surface area contributed by atoms with Crippen LogP contribution in [0.25, 0.3) is 0 Å². The fourth-order valence-corrected chi connectivity index (χ4v) is 9.48. The van der Waals surface area contributed by atoms with Gasteiger partial charge in [0.2, 0.25) is 5.91 Å². The molecule has 4 rings (SSSR count). The zero-order chi connectivity index (χ0) is 24.9. The first-order valence-corrected chi connectivity index (χ1v) is 15.0. The molecule has 7 nitrogen and oxygen atoms in total. The van der Waals surface area contributed by atoms with Crippen LogP contribution in [0.1, 0.15) is 85.0 Å².